The van der Waals surface area contributed by atoms with Crippen LogP contribution in [0.15, 0.2) is 0 Å². The molecule has 0 spiro atoms. The highest BCUT2D eigenvalue weighted by molar-refractivity contribution is 5.55. The zero-order valence-corrected chi connectivity index (χ0v) is 22.4. The second kappa shape index (κ2) is 11.8. The van der Waals surface area contributed by atoms with Gasteiger partial charge in [0.25, 0.3) is 0 Å². The summed E-state index contributed by atoms with van der Waals surface area (Å²) in [7, 11) is 0. The zero-order chi connectivity index (χ0) is 23.2. The maximum atomic E-state index is 6.72. The van der Waals surface area contributed by atoms with E-state index in [1.54, 1.807) is 0 Å². The van der Waals surface area contributed by atoms with Gasteiger partial charge < -0.3 is 4.74 Å². The van der Waals surface area contributed by atoms with E-state index in [9.17, 15) is 0 Å². The number of hydrogen-bond acceptors (Lipinski definition) is 1. The topological polar surface area (TPSA) is 9.23 Å². The highest BCUT2D eigenvalue weighted by Gasteiger charge is 2.33. The van der Waals surface area contributed by atoms with E-state index in [0.717, 1.165) is 24.2 Å². The molecular formula is C30H52O. The summed E-state index contributed by atoms with van der Waals surface area (Å²) in [5.74, 6) is 3.81. The van der Waals surface area contributed by atoms with Crippen LogP contribution in [-0.2, 0) is 6.42 Å². The summed E-state index contributed by atoms with van der Waals surface area (Å²) < 4.78 is 6.72. The fourth-order valence-electron chi connectivity index (χ4n) is 5.46. The first-order chi connectivity index (χ1) is 14.5. The van der Waals surface area contributed by atoms with Crippen LogP contribution in [-0.4, -0.2) is 5.60 Å². The van der Waals surface area contributed by atoms with E-state index in [4.69, 9.17) is 4.74 Å². The molecule has 0 unspecified atom stereocenters. The monoisotopic (exact) mass is 428 g/mol. The standard InChI is InChI=1S/C30H52O/c1-21(2)13-10-14-22(3)15-11-16-23(4)17-12-19-30(9)20-18-28-26(7)24(5)25(6)27(8)29(28)31-30/h21-23H,10-20H2,1-9H3/t22-,23-,30-/m1/s1. The first-order valence-electron chi connectivity index (χ1n) is 13.3. The minimum Gasteiger partial charge on any atom is -0.487 e. The molecule has 0 fully saturated rings. The van der Waals surface area contributed by atoms with E-state index in [2.05, 4.69) is 62.3 Å². The molecule has 0 bridgehead atoms. The van der Waals surface area contributed by atoms with Gasteiger partial charge in [-0.05, 0) is 106 Å². The van der Waals surface area contributed by atoms with Crippen LogP contribution in [0.4, 0.5) is 0 Å². The fourth-order valence-corrected chi connectivity index (χ4v) is 5.46. The second-order valence-corrected chi connectivity index (χ2v) is 11.7. The summed E-state index contributed by atoms with van der Waals surface area (Å²) in [6, 6.07) is 0. The molecule has 0 aliphatic carbocycles. The van der Waals surface area contributed by atoms with Gasteiger partial charge in [0, 0.05) is 0 Å². The first-order valence-corrected chi connectivity index (χ1v) is 13.3. The number of rotatable bonds is 12. The van der Waals surface area contributed by atoms with Crippen molar-refractivity contribution in [2.45, 2.75) is 139 Å². The van der Waals surface area contributed by atoms with Gasteiger partial charge in [-0.3, -0.25) is 0 Å². The second-order valence-electron chi connectivity index (χ2n) is 11.7. The Balaban J connectivity index is 1.74. The van der Waals surface area contributed by atoms with Gasteiger partial charge in [0.15, 0.2) is 0 Å². The predicted octanol–water partition coefficient (Wildman–Crippen LogP) is 9.44. The van der Waals surface area contributed by atoms with Gasteiger partial charge >= 0.3 is 0 Å². The predicted molar refractivity (Wildman–Crippen MR) is 137 cm³/mol. The maximum absolute atomic E-state index is 6.72. The van der Waals surface area contributed by atoms with Crippen LogP contribution >= 0.6 is 0 Å². The van der Waals surface area contributed by atoms with Gasteiger partial charge in [-0.1, -0.05) is 72.6 Å². The van der Waals surface area contributed by atoms with Crippen molar-refractivity contribution in [2.75, 3.05) is 0 Å². The lowest BCUT2D eigenvalue weighted by atomic mass is 9.83. The lowest BCUT2D eigenvalue weighted by Crippen LogP contribution is -2.37. The van der Waals surface area contributed by atoms with Crippen LogP contribution in [0.25, 0.3) is 0 Å². The van der Waals surface area contributed by atoms with Gasteiger partial charge in [0.2, 0.25) is 0 Å². The minimum atomic E-state index is 0.0105. The molecule has 0 amide bonds. The Morgan fingerprint density at radius 2 is 1.23 bits per heavy atom. The Morgan fingerprint density at radius 3 is 1.81 bits per heavy atom. The van der Waals surface area contributed by atoms with Gasteiger partial charge in [-0.2, -0.15) is 0 Å². The quantitative estimate of drug-likeness (QED) is 0.322. The average Bonchev–Trinajstić information content (AvgIpc) is 2.70. The number of fused-ring (bicyclic) bond motifs is 1. The van der Waals surface area contributed by atoms with Crippen LogP contribution in [0, 0.1) is 45.4 Å². The zero-order valence-electron chi connectivity index (χ0n) is 22.4. The smallest absolute Gasteiger partial charge is 0.126 e. The summed E-state index contributed by atoms with van der Waals surface area (Å²) in [5, 5.41) is 0. The van der Waals surface area contributed by atoms with Crippen molar-refractivity contribution >= 4 is 0 Å². The van der Waals surface area contributed by atoms with Crippen molar-refractivity contribution in [1.82, 2.24) is 0 Å². The fraction of sp³-hybridized carbons (Fsp3) is 0.800. The number of ether oxygens (including phenoxy) is 1. The Hall–Kier alpha value is -0.980. The highest BCUT2D eigenvalue weighted by Crippen LogP contribution is 2.42. The molecule has 1 aromatic rings. The van der Waals surface area contributed by atoms with E-state index in [1.807, 2.05) is 0 Å². The van der Waals surface area contributed by atoms with Gasteiger partial charge in [-0.15, -0.1) is 0 Å². The molecule has 0 radical (unpaired) electrons. The van der Waals surface area contributed by atoms with Crippen LogP contribution in [0.1, 0.15) is 127 Å². The van der Waals surface area contributed by atoms with E-state index in [-0.39, 0.29) is 5.60 Å². The van der Waals surface area contributed by atoms with Gasteiger partial charge in [-0.25, -0.2) is 0 Å². The molecule has 1 aliphatic heterocycles. The summed E-state index contributed by atoms with van der Waals surface area (Å²) in [6.07, 6.45) is 14.6. The molecule has 3 atom stereocenters. The Kier molecular flexibility index (Phi) is 9.97. The summed E-state index contributed by atoms with van der Waals surface area (Å²) in [5.41, 5.74) is 7.15. The molecule has 1 nitrogen and oxygen atoms in total. The Labute approximate surface area is 194 Å². The third kappa shape index (κ3) is 7.54. The molecule has 2 rings (SSSR count). The van der Waals surface area contributed by atoms with E-state index in [0.29, 0.717) is 0 Å². The summed E-state index contributed by atoms with van der Waals surface area (Å²) >= 11 is 0. The van der Waals surface area contributed by atoms with Gasteiger partial charge in [0.05, 0.1) is 0 Å². The molecule has 1 heteroatoms. The molecule has 1 heterocycles. The molecular weight excluding hydrogens is 376 g/mol. The average molecular weight is 429 g/mol. The van der Waals surface area contributed by atoms with Crippen molar-refractivity contribution in [1.29, 1.82) is 0 Å². The van der Waals surface area contributed by atoms with Crippen LogP contribution in [0.2, 0.25) is 0 Å². The maximum Gasteiger partial charge on any atom is 0.126 e. The molecule has 1 aliphatic rings. The molecule has 0 saturated carbocycles. The summed E-state index contributed by atoms with van der Waals surface area (Å²) in [6.45, 7) is 21.0. The van der Waals surface area contributed by atoms with Crippen LogP contribution < -0.4 is 4.74 Å². The highest BCUT2D eigenvalue weighted by atomic mass is 16.5. The molecule has 178 valence electrons. The SMILES string of the molecule is Cc1c(C)c(C)c2c(c1C)CC[C@@](C)(CCC[C@H](C)CCC[C@H](C)CCCC(C)C)O2. The Morgan fingerprint density at radius 1 is 0.710 bits per heavy atom. The van der Waals surface area contributed by atoms with E-state index in [1.165, 1.54) is 97.8 Å². The first kappa shape index (κ1) is 26.3. The van der Waals surface area contributed by atoms with Gasteiger partial charge in [0.1, 0.15) is 11.4 Å². The largest absolute Gasteiger partial charge is 0.487 e. The van der Waals surface area contributed by atoms with Crippen molar-refractivity contribution in [3.05, 3.63) is 27.8 Å². The number of benzene rings is 1. The third-order valence-corrected chi connectivity index (χ3v) is 8.28. The van der Waals surface area contributed by atoms with E-state index >= 15 is 0 Å². The third-order valence-electron chi connectivity index (χ3n) is 8.28. The normalized spacial score (nSPS) is 20.5. The van der Waals surface area contributed by atoms with Crippen molar-refractivity contribution < 1.29 is 4.74 Å². The number of hydrogen-bond donors (Lipinski definition) is 0. The molecule has 0 saturated heterocycles. The van der Waals surface area contributed by atoms with Crippen molar-refractivity contribution in [3.8, 4) is 5.75 Å². The minimum absolute atomic E-state index is 0.0105. The molecule has 1 aromatic carbocycles. The van der Waals surface area contributed by atoms with E-state index < -0.39 is 0 Å². The molecule has 0 N–H and O–H groups in total. The van der Waals surface area contributed by atoms with Crippen molar-refractivity contribution in [3.63, 3.8) is 0 Å². The lowest BCUT2D eigenvalue weighted by Gasteiger charge is -2.38. The van der Waals surface area contributed by atoms with Crippen molar-refractivity contribution in [2.24, 2.45) is 17.8 Å². The van der Waals surface area contributed by atoms with Crippen LogP contribution in [0.5, 0.6) is 5.75 Å². The molecule has 0 aromatic heterocycles. The van der Waals surface area contributed by atoms with Crippen LogP contribution in [0.3, 0.4) is 0 Å². The summed E-state index contributed by atoms with van der Waals surface area (Å²) in [4.78, 5) is 0. The lowest BCUT2D eigenvalue weighted by molar-refractivity contribution is 0.0513. The molecule has 31 heavy (non-hydrogen) atoms. The Bertz CT molecular complexity index is 701.